The van der Waals surface area contributed by atoms with Gasteiger partial charge in [0.25, 0.3) is 0 Å². The molecule has 0 amide bonds. The van der Waals surface area contributed by atoms with Gasteiger partial charge in [-0.05, 0) is 24.3 Å². The summed E-state index contributed by atoms with van der Waals surface area (Å²) >= 11 is 5.76. The fraction of sp³-hybridized carbons (Fsp3) is 0. The second-order valence-corrected chi connectivity index (χ2v) is 3.63. The van der Waals surface area contributed by atoms with Crippen LogP contribution in [0.2, 0.25) is 5.02 Å². The highest BCUT2D eigenvalue weighted by Crippen LogP contribution is 2.22. The molecule has 0 radical (unpaired) electrons. The van der Waals surface area contributed by atoms with Crippen molar-refractivity contribution >= 4 is 29.1 Å². The molecule has 0 atom stereocenters. The number of carbonyl (C=O) groups is 1. The normalized spacial score (nSPS) is 9.94. The Morgan fingerprint density at radius 3 is 2.82 bits per heavy atom. The first-order chi connectivity index (χ1) is 8.16. The first kappa shape index (κ1) is 11.3. The van der Waals surface area contributed by atoms with E-state index in [0.717, 1.165) is 0 Å². The van der Waals surface area contributed by atoms with E-state index in [9.17, 15) is 4.79 Å². The van der Waals surface area contributed by atoms with Crippen LogP contribution in [0, 0.1) is 0 Å². The number of nitrogens with zero attached hydrogens (tertiary/aromatic N) is 2. The van der Waals surface area contributed by atoms with E-state index < -0.39 is 5.97 Å². The number of carboxylic acid groups (broad SMARTS) is 1. The lowest BCUT2D eigenvalue weighted by molar-refractivity contribution is 0.0697. The molecule has 0 spiro atoms. The molecule has 2 N–H and O–H groups in total. The molecule has 0 aliphatic carbocycles. The van der Waals surface area contributed by atoms with E-state index in [1.807, 2.05) is 0 Å². The predicted molar refractivity (Wildman–Crippen MR) is 63.7 cm³/mol. The number of halogens is 1. The Balaban J connectivity index is 2.29. The zero-order valence-electron chi connectivity index (χ0n) is 8.59. The number of nitrogens with one attached hydrogen (secondary N) is 1. The van der Waals surface area contributed by atoms with Gasteiger partial charge in [-0.3, -0.25) is 0 Å². The minimum Gasteiger partial charge on any atom is -0.478 e. The van der Waals surface area contributed by atoms with Crippen LogP contribution in [0.5, 0.6) is 0 Å². The minimum absolute atomic E-state index is 0.0470. The smallest absolute Gasteiger partial charge is 0.337 e. The number of hydrogen-bond acceptors (Lipinski definition) is 4. The van der Waals surface area contributed by atoms with Crippen LogP contribution in [0.3, 0.4) is 0 Å². The molecule has 0 bridgehead atoms. The predicted octanol–water partition coefficient (Wildman–Crippen LogP) is 2.57. The first-order valence-corrected chi connectivity index (χ1v) is 5.10. The van der Waals surface area contributed by atoms with Crippen LogP contribution in [-0.2, 0) is 0 Å². The van der Waals surface area contributed by atoms with Crippen LogP contribution in [0.1, 0.15) is 10.4 Å². The van der Waals surface area contributed by atoms with Gasteiger partial charge in [-0.2, -0.15) is 0 Å². The molecule has 2 rings (SSSR count). The maximum atomic E-state index is 10.9. The summed E-state index contributed by atoms with van der Waals surface area (Å²) in [4.78, 5) is 18.6. The topological polar surface area (TPSA) is 75.1 Å². The molecule has 86 valence electrons. The number of aromatic carboxylic acids is 1. The van der Waals surface area contributed by atoms with Gasteiger partial charge in [-0.25, -0.2) is 14.8 Å². The highest BCUT2D eigenvalue weighted by Gasteiger charge is 2.09. The van der Waals surface area contributed by atoms with Crippen LogP contribution in [0.4, 0.5) is 11.5 Å². The fourth-order valence-corrected chi connectivity index (χ4v) is 1.48. The van der Waals surface area contributed by atoms with Gasteiger partial charge in [-0.1, -0.05) is 11.6 Å². The lowest BCUT2D eigenvalue weighted by Crippen LogP contribution is -2.00. The maximum absolute atomic E-state index is 10.9. The standard InChI is InChI=1S/C11H8ClN3O2/c12-9-2-1-7(5-8(9)11(16)17)15-10-3-4-13-6-14-10/h1-6H,(H,16,17)(H,13,14,15). The number of hydrogen-bond donors (Lipinski definition) is 2. The van der Waals surface area contributed by atoms with Crippen LogP contribution in [-0.4, -0.2) is 21.0 Å². The summed E-state index contributed by atoms with van der Waals surface area (Å²) in [5.74, 6) is -0.486. The van der Waals surface area contributed by atoms with Crippen molar-refractivity contribution in [2.45, 2.75) is 0 Å². The third kappa shape index (κ3) is 2.70. The van der Waals surface area contributed by atoms with Crippen LogP contribution < -0.4 is 5.32 Å². The average molecular weight is 250 g/mol. The van der Waals surface area contributed by atoms with Gasteiger partial charge in [-0.15, -0.1) is 0 Å². The van der Waals surface area contributed by atoms with E-state index in [0.29, 0.717) is 11.5 Å². The molecule has 1 aromatic heterocycles. The quantitative estimate of drug-likeness (QED) is 0.874. The molecule has 2 aromatic rings. The number of carboxylic acids is 1. The van der Waals surface area contributed by atoms with E-state index in [1.54, 1.807) is 18.3 Å². The van der Waals surface area contributed by atoms with Crippen molar-refractivity contribution in [1.82, 2.24) is 9.97 Å². The van der Waals surface area contributed by atoms with Gasteiger partial charge in [0, 0.05) is 11.9 Å². The zero-order valence-corrected chi connectivity index (χ0v) is 9.35. The molecule has 0 aliphatic heterocycles. The Bertz CT molecular complexity index is 546. The molecule has 0 saturated heterocycles. The van der Waals surface area contributed by atoms with E-state index in [1.165, 1.54) is 18.5 Å². The number of benzene rings is 1. The van der Waals surface area contributed by atoms with Crippen molar-refractivity contribution in [2.24, 2.45) is 0 Å². The first-order valence-electron chi connectivity index (χ1n) is 4.72. The summed E-state index contributed by atoms with van der Waals surface area (Å²) in [5, 5.41) is 12.1. The third-order valence-corrected chi connectivity index (χ3v) is 2.38. The SMILES string of the molecule is O=C(O)c1cc(Nc2ccncn2)ccc1Cl. The Kier molecular flexibility index (Phi) is 3.20. The third-order valence-electron chi connectivity index (χ3n) is 2.05. The van der Waals surface area contributed by atoms with E-state index in [4.69, 9.17) is 16.7 Å². The summed E-state index contributed by atoms with van der Waals surface area (Å²) in [5.41, 5.74) is 0.649. The molecule has 0 saturated carbocycles. The monoisotopic (exact) mass is 249 g/mol. The minimum atomic E-state index is -1.07. The highest BCUT2D eigenvalue weighted by molar-refractivity contribution is 6.33. The van der Waals surface area contributed by atoms with Gasteiger partial charge in [0.15, 0.2) is 0 Å². The molecular formula is C11H8ClN3O2. The maximum Gasteiger partial charge on any atom is 0.337 e. The van der Waals surface area contributed by atoms with Gasteiger partial charge < -0.3 is 10.4 Å². The van der Waals surface area contributed by atoms with Gasteiger partial charge in [0.05, 0.1) is 10.6 Å². The molecule has 1 aromatic carbocycles. The van der Waals surface area contributed by atoms with Crippen molar-refractivity contribution in [1.29, 1.82) is 0 Å². The Morgan fingerprint density at radius 1 is 1.35 bits per heavy atom. The number of rotatable bonds is 3. The van der Waals surface area contributed by atoms with Crippen LogP contribution in [0.15, 0.2) is 36.8 Å². The molecule has 6 heteroatoms. The van der Waals surface area contributed by atoms with Gasteiger partial charge >= 0.3 is 5.97 Å². The largest absolute Gasteiger partial charge is 0.478 e. The van der Waals surface area contributed by atoms with Gasteiger partial charge in [0.2, 0.25) is 0 Å². The van der Waals surface area contributed by atoms with Crippen molar-refractivity contribution < 1.29 is 9.90 Å². The lowest BCUT2D eigenvalue weighted by atomic mass is 10.2. The summed E-state index contributed by atoms with van der Waals surface area (Å²) in [6.07, 6.45) is 2.99. The molecule has 0 unspecified atom stereocenters. The van der Waals surface area contributed by atoms with Crippen molar-refractivity contribution in [3.05, 3.63) is 47.4 Å². The number of anilines is 2. The van der Waals surface area contributed by atoms with Crippen molar-refractivity contribution in [3.63, 3.8) is 0 Å². The summed E-state index contributed by atoms with van der Waals surface area (Å²) < 4.78 is 0. The van der Waals surface area contributed by atoms with Crippen LogP contribution >= 0.6 is 11.6 Å². The summed E-state index contributed by atoms with van der Waals surface area (Å²) in [6.45, 7) is 0. The summed E-state index contributed by atoms with van der Waals surface area (Å²) in [7, 11) is 0. The van der Waals surface area contributed by atoms with E-state index in [-0.39, 0.29) is 10.6 Å². The molecule has 5 nitrogen and oxygen atoms in total. The van der Waals surface area contributed by atoms with Crippen molar-refractivity contribution in [3.8, 4) is 0 Å². The Morgan fingerprint density at radius 2 is 2.18 bits per heavy atom. The fourth-order valence-electron chi connectivity index (χ4n) is 1.28. The van der Waals surface area contributed by atoms with Crippen LogP contribution in [0.25, 0.3) is 0 Å². The Labute approximate surface area is 102 Å². The second kappa shape index (κ2) is 4.80. The van der Waals surface area contributed by atoms with E-state index in [2.05, 4.69) is 15.3 Å². The molecule has 1 heterocycles. The van der Waals surface area contributed by atoms with Gasteiger partial charge in [0.1, 0.15) is 12.1 Å². The zero-order chi connectivity index (χ0) is 12.3. The highest BCUT2D eigenvalue weighted by atomic mass is 35.5. The molecule has 17 heavy (non-hydrogen) atoms. The molecule has 0 fully saturated rings. The van der Waals surface area contributed by atoms with Crippen molar-refractivity contribution in [2.75, 3.05) is 5.32 Å². The molecular weight excluding hydrogens is 242 g/mol. The second-order valence-electron chi connectivity index (χ2n) is 3.22. The number of aromatic nitrogens is 2. The lowest BCUT2D eigenvalue weighted by Gasteiger charge is -2.06. The molecule has 0 aliphatic rings. The Hall–Kier alpha value is -2.14. The summed E-state index contributed by atoms with van der Waals surface area (Å²) in [6, 6.07) is 6.33. The average Bonchev–Trinajstić information content (AvgIpc) is 2.32. The van der Waals surface area contributed by atoms with E-state index >= 15 is 0 Å².